The maximum Gasteiger partial charge on any atom is 0.269 e. The van der Waals surface area contributed by atoms with Gasteiger partial charge in [-0.2, -0.15) is 10.5 Å². The lowest BCUT2D eigenvalue weighted by Gasteiger charge is -2.12. The monoisotopic (exact) mass is 538 g/mol. The molecule has 41 heavy (non-hydrogen) atoms. The molecule has 0 N–H and O–H groups in total. The van der Waals surface area contributed by atoms with Crippen LogP contribution < -0.4 is 4.74 Å². The Morgan fingerprint density at radius 1 is 0.585 bits per heavy atom. The molecule has 0 heterocycles. The van der Waals surface area contributed by atoms with Crippen molar-refractivity contribution < 1.29 is 14.6 Å². The molecule has 0 aliphatic rings. The Balaban J connectivity index is 1.71. The van der Waals surface area contributed by atoms with E-state index in [0.29, 0.717) is 33.8 Å². The van der Waals surface area contributed by atoms with Crippen LogP contribution in [0.5, 0.6) is 11.5 Å². The van der Waals surface area contributed by atoms with Crippen molar-refractivity contribution in [3.05, 3.63) is 139 Å². The number of nitro groups is 2. The maximum atomic E-state index is 10.9. The van der Waals surface area contributed by atoms with Gasteiger partial charge in [0.05, 0.1) is 46.0 Å². The van der Waals surface area contributed by atoms with Gasteiger partial charge in [0.15, 0.2) is 0 Å². The molecule has 4 rings (SSSR count). The zero-order valence-electron chi connectivity index (χ0n) is 21.3. The van der Waals surface area contributed by atoms with Gasteiger partial charge in [0, 0.05) is 35.4 Å². The molecule has 9 nitrogen and oxygen atoms in total. The van der Waals surface area contributed by atoms with Gasteiger partial charge in [-0.25, -0.2) is 0 Å². The predicted octanol–water partition coefficient (Wildman–Crippen LogP) is 6.23. The highest BCUT2D eigenvalue weighted by Crippen LogP contribution is 2.30. The van der Waals surface area contributed by atoms with Gasteiger partial charge in [0.25, 0.3) is 11.4 Å². The zero-order chi connectivity index (χ0) is 29.2. The van der Waals surface area contributed by atoms with E-state index in [9.17, 15) is 20.2 Å². The van der Waals surface area contributed by atoms with E-state index in [0.717, 1.165) is 11.1 Å². The molecule has 0 unspecified atom stereocenters. The minimum atomic E-state index is -0.488. The second-order valence-electron chi connectivity index (χ2n) is 8.54. The minimum Gasteiger partial charge on any atom is -0.455 e. The number of ether oxygens (including phenoxy) is 1. The highest BCUT2D eigenvalue weighted by Gasteiger charge is 2.10. The number of benzene rings is 4. The van der Waals surface area contributed by atoms with Gasteiger partial charge in [-0.1, -0.05) is 35.8 Å². The number of non-ortho nitro benzene ring substituents is 2. The standard InChI is InChI=1S/C32H18N4O5/c33-19-17-25-7-15-31(27(21-25)9-1-23-3-11-29(12-4-23)35(37)38)41-32-16-8-26(18-20-34)22-28(32)10-2-24-5-13-30(14-6-24)36(39)40/h3-8,11-16,21-22H,17-18H2. The third kappa shape index (κ3) is 7.33. The van der Waals surface area contributed by atoms with E-state index in [-0.39, 0.29) is 24.2 Å². The SMILES string of the molecule is N#CCc1ccc(Oc2ccc(CC#N)cc2C#Cc2ccc([N+](=O)[O-])cc2)c(C#Cc2ccc([N+](=O)[O-])cc2)c1. The normalized spacial score (nSPS) is 9.61. The lowest BCUT2D eigenvalue weighted by Crippen LogP contribution is -1.95. The first kappa shape index (κ1) is 27.6. The number of hydrogen-bond donors (Lipinski definition) is 0. The zero-order valence-corrected chi connectivity index (χ0v) is 21.3. The van der Waals surface area contributed by atoms with Gasteiger partial charge in [0.1, 0.15) is 11.5 Å². The summed E-state index contributed by atoms with van der Waals surface area (Å²) in [6.45, 7) is 0. The molecule has 0 radical (unpaired) electrons. The summed E-state index contributed by atoms with van der Waals surface area (Å²) in [5.41, 5.74) is 3.48. The quantitative estimate of drug-likeness (QED) is 0.161. The molecular formula is C32H18N4O5. The Labute approximate surface area is 235 Å². The van der Waals surface area contributed by atoms with Crippen LogP contribution in [0.25, 0.3) is 0 Å². The van der Waals surface area contributed by atoms with Crippen LogP contribution in [-0.2, 0) is 12.8 Å². The van der Waals surface area contributed by atoms with Crippen molar-refractivity contribution in [2.24, 2.45) is 0 Å². The van der Waals surface area contributed by atoms with Gasteiger partial charge >= 0.3 is 0 Å². The number of nitro benzene ring substituents is 2. The van der Waals surface area contributed by atoms with Crippen molar-refractivity contribution in [2.45, 2.75) is 12.8 Å². The van der Waals surface area contributed by atoms with Crippen LogP contribution in [0.2, 0.25) is 0 Å². The predicted molar refractivity (Wildman–Crippen MR) is 150 cm³/mol. The van der Waals surface area contributed by atoms with Crippen molar-refractivity contribution in [1.29, 1.82) is 10.5 Å². The van der Waals surface area contributed by atoms with E-state index in [1.807, 2.05) is 0 Å². The summed E-state index contributed by atoms with van der Waals surface area (Å²) in [5, 5.41) is 40.2. The smallest absolute Gasteiger partial charge is 0.269 e. The first-order chi connectivity index (χ1) is 19.9. The fourth-order valence-electron chi connectivity index (χ4n) is 3.66. The fraction of sp³-hybridized carbons (Fsp3) is 0.0625. The van der Waals surface area contributed by atoms with E-state index in [2.05, 4.69) is 35.8 Å². The Morgan fingerprint density at radius 3 is 1.32 bits per heavy atom. The first-order valence-electron chi connectivity index (χ1n) is 12.1. The average Bonchev–Trinajstić information content (AvgIpc) is 2.97. The molecule has 0 aliphatic carbocycles. The number of rotatable bonds is 6. The number of hydrogen-bond acceptors (Lipinski definition) is 7. The Morgan fingerprint density at radius 2 is 0.976 bits per heavy atom. The van der Waals surface area contributed by atoms with Crippen molar-refractivity contribution in [3.8, 4) is 47.3 Å². The van der Waals surface area contributed by atoms with Crippen molar-refractivity contribution in [1.82, 2.24) is 0 Å². The molecule has 196 valence electrons. The largest absolute Gasteiger partial charge is 0.455 e. The van der Waals surface area contributed by atoms with Gasteiger partial charge < -0.3 is 4.74 Å². The van der Waals surface area contributed by atoms with Crippen LogP contribution in [0.1, 0.15) is 33.4 Å². The minimum absolute atomic E-state index is 0.0437. The lowest BCUT2D eigenvalue weighted by atomic mass is 10.1. The molecule has 0 aliphatic heterocycles. The molecular weight excluding hydrogens is 520 g/mol. The Kier molecular flexibility index (Phi) is 8.68. The molecule has 0 atom stereocenters. The van der Waals surface area contributed by atoms with Gasteiger partial charge in [0.2, 0.25) is 0 Å². The molecule has 4 aromatic rings. The fourth-order valence-corrected chi connectivity index (χ4v) is 3.66. The number of nitriles is 2. The summed E-state index contributed by atoms with van der Waals surface area (Å²) >= 11 is 0. The molecule has 0 saturated heterocycles. The van der Waals surface area contributed by atoms with Crippen LogP contribution in [0.15, 0.2) is 84.9 Å². The molecule has 0 spiro atoms. The summed E-state index contributed by atoms with van der Waals surface area (Å²) < 4.78 is 6.24. The summed E-state index contributed by atoms with van der Waals surface area (Å²) in [6.07, 6.45) is 0.336. The van der Waals surface area contributed by atoms with Crippen LogP contribution in [-0.4, -0.2) is 9.85 Å². The van der Waals surface area contributed by atoms with Crippen molar-refractivity contribution in [2.75, 3.05) is 0 Å². The summed E-state index contributed by atoms with van der Waals surface area (Å²) in [7, 11) is 0. The van der Waals surface area contributed by atoms with E-state index >= 15 is 0 Å². The van der Waals surface area contributed by atoms with E-state index < -0.39 is 9.85 Å². The van der Waals surface area contributed by atoms with Gasteiger partial charge in [-0.05, 0) is 59.7 Å². The molecule has 4 aromatic carbocycles. The van der Waals surface area contributed by atoms with Gasteiger partial charge in [-0.15, -0.1) is 0 Å². The van der Waals surface area contributed by atoms with Crippen LogP contribution in [0.4, 0.5) is 11.4 Å². The maximum absolute atomic E-state index is 10.9. The lowest BCUT2D eigenvalue weighted by molar-refractivity contribution is -0.385. The molecule has 0 saturated carbocycles. The molecule has 0 aromatic heterocycles. The highest BCUT2D eigenvalue weighted by atomic mass is 16.6. The first-order valence-corrected chi connectivity index (χ1v) is 12.1. The van der Waals surface area contributed by atoms with E-state index in [1.165, 1.54) is 24.3 Å². The van der Waals surface area contributed by atoms with Crippen LogP contribution in [0.3, 0.4) is 0 Å². The summed E-state index contributed by atoms with van der Waals surface area (Å²) in [4.78, 5) is 20.9. The van der Waals surface area contributed by atoms with E-state index in [4.69, 9.17) is 15.3 Å². The molecule has 0 amide bonds. The molecule has 0 bridgehead atoms. The topological polar surface area (TPSA) is 143 Å². The Hall–Kier alpha value is -6.42. The highest BCUT2D eigenvalue weighted by molar-refractivity contribution is 5.57. The van der Waals surface area contributed by atoms with Crippen molar-refractivity contribution >= 4 is 11.4 Å². The average molecular weight is 539 g/mol. The van der Waals surface area contributed by atoms with Crippen molar-refractivity contribution in [3.63, 3.8) is 0 Å². The summed E-state index contributed by atoms with van der Waals surface area (Å²) in [6, 6.07) is 26.2. The molecule has 0 fully saturated rings. The van der Waals surface area contributed by atoms with Crippen LogP contribution in [0, 0.1) is 66.6 Å². The van der Waals surface area contributed by atoms with Crippen LogP contribution >= 0.6 is 0 Å². The second kappa shape index (κ2) is 12.9. The van der Waals surface area contributed by atoms with E-state index in [1.54, 1.807) is 60.7 Å². The third-order valence-corrected chi connectivity index (χ3v) is 5.71. The third-order valence-electron chi connectivity index (χ3n) is 5.71. The van der Waals surface area contributed by atoms with Gasteiger partial charge in [-0.3, -0.25) is 20.2 Å². The Bertz CT molecular complexity index is 1710. The number of nitrogens with zero attached hydrogens (tertiary/aromatic N) is 4. The molecule has 9 heteroatoms. The second-order valence-corrected chi connectivity index (χ2v) is 8.54. The summed E-state index contributed by atoms with van der Waals surface area (Å²) in [5.74, 6) is 12.8.